The lowest BCUT2D eigenvalue weighted by Crippen LogP contribution is -2.37. The van der Waals surface area contributed by atoms with Crippen LogP contribution in [0.3, 0.4) is 0 Å². The topological polar surface area (TPSA) is 93.6 Å². The molecule has 0 saturated carbocycles. The number of ether oxygens (including phenoxy) is 1. The Balaban J connectivity index is 2.82. The molecular formula is C23H33FN4O5S. The average molecular weight is 497 g/mol. The first-order valence-electron chi connectivity index (χ1n) is 10.6. The molecule has 2 aromatic rings. The van der Waals surface area contributed by atoms with Gasteiger partial charge in [-0.15, -0.1) is 0 Å². The molecule has 0 aromatic heterocycles. The van der Waals surface area contributed by atoms with Crippen molar-refractivity contribution in [3.8, 4) is 11.5 Å². The van der Waals surface area contributed by atoms with E-state index in [1.807, 2.05) is 42.9 Å². The second-order valence-corrected chi connectivity index (χ2v) is 10.7. The molecule has 1 N–H and O–H groups in total. The summed E-state index contributed by atoms with van der Waals surface area (Å²) in [5.74, 6) is -1.77. The molecule has 188 valence electrons. The van der Waals surface area contributed by atoms with Crippen LogP contribution in [0.1, 0.15) is 10.4 Å². The highest BCUT2D eigenvalue weighted by atomic mass is 32.2. The number of nitrogens with zero attached hydrogens (tertiary/aromatic N) is 4. The van der Waals surface area contributed by atoms with Gasteiger partial charge in [0.15, 0.2) is 5.75 Å². The maximum atomic E-state index is 13.9. The van der Waals surface area contributed by atoms with E-state index < -0.39 is 21.8 Å². The molecule has 0 heterocycles. The summed E-state index contributed by atoms with van der Waals surface area (Å²) in [4.78, 5) is 17.4. The molecule has 0 aliphatic heterocycles. The Bertz CT molecular complexity index is 1090. The van der Waals surface area contributed by atoms with E-state index in [-0.39, 0.29) is 22.0 Å². The van der Waals surface area contributed by atoms with E-state index in [2.05, 4.69) is 0 Å². The molecule has 0 amide bonds. The molecule has 0 atom stereocenters. The molecule has 0 saturated heterocycles. The fourth-order valence-electron chi connectivity index (χ4n) is 3.08. The maximum Gasteiger partial charge on any atom is 0.335 e. The minimum Gasteiger partial charge on any atom is -0.478 e. The minimum absolute atomic E-state index is 0.0539. The summed E-state index contributed by atoms with van der Waals surface area (Å²) in [5, 5.41) is 9.74. The third-order valence-electron chi connectivity index (χ3n) is 5.03. The molecular weight excluding hydrogens is 463 g/mol. The molecule has 2 aromatic carbocycles. The zero-order valence-electron chi connectivity index (χ0n) is 20.4. The van der Waals surface area contributed by atoms with Crippen molar-refractivity contribution in [2.45, 2.75) is 4.90 Å². The zero-order chi connectivity index (χ0) is 25.6. The minimum atomic E-state index is -4.11. The zero-order valence-corrected chi connectivity index (χ0v) is 21.3. The van der Waals surface area contributed by atoms with Gasteiger partial charge in [0.1, 0.15) is 16.5 Å². The third-order valence-corrected chi connectivity index (χ3v) is 6.85. The van der Waals surface area contributed by atoms with E-state index in [1.54, 1.807) is 0 Å². The number of halogens is 1. The van der Waals surface area contributed by atoms with E-state index in [9.17, 15) is 22.7 Å². The van der Waals surface area contributed by atoms with Crippen LogP contribution < -0.4 is 9.64 Å². The SMILES string of the molecule is CN(C)CCN(CCN(C)C)c1cc(C(=O)O)cc(S(=O)(=O)N(C)C)c1Oc1cccc(F)c1. The molecule has 11 heteroatoms. The van der Waals surface area contributed by atoms with E-state index in [0.29, 0.717) is 31.9 Å². The van der Waals surface area contributed by atoms with Crippen molar-refractivity contribution in [3.63, 3.8) is 0 Å². The monoisotopic (exact) mass is 496 g/mol. The van der Waals surface area contributed by atoms with Crippen molar-refractivity contribution in [1.82, 2.24) is 14.1 Å². The summed E-state index contributed by atoms with van der Waals surface area (Å²) in [6.45, 7) is 2.20. The second-order valence-electron chi connectivity index (χ2n) is 8.57. The lowest BCUT2D eigenvalue weighted by atomic mass is 10.1. The highest BCUT2D eigenvalue weighted by Crippen LogP contribution is 2.40. The standard InChI is InChI=1S/C23H33FN4O5S/c1-25(2)10-12-28(13-11-26(3)4)20-14-17(23(29)30)15-21(34(31,32)27(5)6)22(20)33-19-9-7-8-18(24)16-19/h7-9,14-16H,10-13H2,1-6H3,(H,29,30). The van der Waals surface area contributed by atoms with Crippen LogP contribution in [0.5, 0.6) is 11.5 Å². The van der Waals surface area contributed by atoms with Gasteiger partial charge in [-0.3, -0.25) is 0 Å². The van der Waals surface area contributed by atoms with Gasteiger partial charge in [0.25, 0.3) is 0 Å². The van der Waals surface area contributed by atoms with Crippen molar-refractivity contribution in [3.05, 3.63) is 47.8 Å². The second kappa shape index (κ2) is 11.6. The Hall–Kier alpha value is -2.73. The fraction of sp³-hybridized carbons (Fsp3) is 0.435. The van der Waals surface area contributed by atoms with E-state index >= 15 is 0 Å². The van der Waals surface area contributed by atoms with Gasteiger partial charge in [-0.2, -0.15) is 0 Å². The predicted molar refractivity (Wildman–Crippen MR) is 130 cm³/mol. The van der Waals surface area contributed by atoms with Gasteiger partial charge in [0.05, 0.1) is 11.3 Å². The van der Waals surface area contributed by atoms with Crippen molar-refractivity contribution < 1.29 is 27.4 Å². The number of anilines is 1. The molecule has 9 nitrogen and oxygen atoms in total. The van der Waals surface area contributed by atoms with Gasteiger partial charge in [0, 0.05) is 46.3 Å². The number of carboxylic acids is 1. The molecule has 34 heavy (non-hydrogen) atoms. The lowest BCUT2D eigenvalue weighted by molar-refractivity contribution is 0.0696. The quantitative estimate of drug-likeness (QED) is 0.479. The Kier molecular flexibility index (Phi) is 9.39. The van der Waals surface area contributed by atoms with E-state index in [0.717, 1.165) is 16.4 Å². The van der Waals surface area contributed by atoms with Crippen molar-refractivity contribution in [2.24, 2.45) is 0 Å². The van der Waals surface area contributed by atoms with Gasteiger partial charge in [-0.25, -0.2) is 21.9 Å². The molecule has 0 radical (unpaired) electrons. The summed E-state index contributed by atoms with van der Waals surface area (Å²) in [5.41, 5.74) is 0.106. The van der Waals surface area contributed by atoms with Gasteiger partial charge < -0.3 is 24.5 Å². The number of sulfonamides is 1. The van der Waals surface area contributed by atoms with Gasteiger partial charge >= 0.3 is 5.97 Å². The number of carboxylic acid groups (broad SMARTS) is 1. The Labute approximate surface area is 201 Å². The number of benzene rings is 2. The number of rotatable bonds is 12. The smallest absolute Gasteiger partial charge is 0.335 e. The van der Waals surface area contributed by atoms with Crippen LogP contribution in [0, 0.1) is 5.82 Å². The summed E-state index contributed by atoms with van der Waals surface area (Å²) >= 11 is 0. The average Bonchev–Trinajstić information content (AvgIpc) is 2.73. The number of hydrogen-bond acceptors (Lipinski definition) is 7. The van der Waals surface area contributed by atoms with Crippen LogP contribution in [0.25, 0.3) is 0 Å². The molecule has 0 aliphatic carbocycles. The number of aromatic carboxylic acids is 1. The Morgan fingerprint density at radius 1 is 0.941 bits per heavy atom. The predicted octanol–water partition coefficient (Wildman–Crippen LogP) is 2.50. The first kappa shape index (κ1) is 27.5. The molecule has 2 rings (SSSR count). The van der Waals surface area contributed by atoms with Crippen LogP contribution in [-0.4, -0.2) is 102 Å². The lowest BCUT2D eigenvalue weighted by Gasteiger charge is -2.30. The summed E-state index contributed by atoms with van der Waals surface area (Å²) < 4.78 is 47.3. The first-order valence-corrected chi connectivity index (χ1v) is 12.1. The van der Waals surface area contributed by atoms with Crippen LogP contribution in [0.4, 0.5) is 10.1 Å². The summed E-state index contributed by atoms with van der Waals surface area (Å²) in [7, 11) is 6.22. The summed E-state index contributed by atoms with van der Waals surface area (Å²) in [6, 6.07) is 7.83. The van der Waals surface area contributed by atoms with Gasteiger partial charge in [-0.05, 0) is 52.5 Å². The van der Waals surface area contributed by atoms with Crippen molar-refractivity contribution in [1.29, 1.82) is 0 Å². The van der Waals surface area contributed by atoms with Crippen LogP contribution >= 0.6 is 0 Å². The van der Waals surface area contributed by atoms with Gasteiger partial charge in [0.2, 0.25) is 10.0 Å². The Morgan fingerprint density at radius 3 is 2.00 bits per heavy atom. The highest BCUT2D eigenvalue weighted by molar-refractivity contribution is 7.89. The molecule has 0 bridgehead atoms. The largest absolute Gasteiger partial charge is 0.478 e. The van der Waals surface area contributed by atoms with Crippen molar-refractivity contribution in [2.75, 3.05) is 73.4 Å². The molecule has 0 spiro atoms. The third kappa shape index (κ3) is 7.13. The fourth-order valence-corrected chi connectivity index (χ4v) is 4.13. The van der Waals surface area contributed by atoms with Crippen LogP contribution in [-0.2, 0) is 10.0 Å². The van der Waals surface area contributed by atoms with Crippen LogP contribution in [0.15, 0.2) is 41.3 Å². The molecule has 0 fully saturated rings. The summed E-state index contributed by atoms with van der Waals surface area (Å²) in [6.07, 6.45) is 0. The van der Waals surface area contributed by atoms with E-state index in [1.165, 1.54) is 38.4 Å². The van der Waals surface area contributed by atoms with Gasteiger partial charge in [-0.1, -0.05) is 6.07 Å². The van der Waals surface area contributed by atoms with E-state index in [4.69, 9.17) is 4.74 Å². The van der Waals surface area contributed by atoms with Crippen LogP contribution in [0.2, 0.25) is 0 Å². The first-order chi connectivity index (χ1) is 15.8. The normalized spacial score (nSPS) is 11.9. The molecule has 0 aliphatic rings. The Morgan fingerprint density at radius 2 is 1.53 bits per heavy atom. The molecule has 0 unspecified atom stereocenters. The van der Waals surface area contributed by atoms with Crippen molar-refractivity contribution >= 4 is 21.7 Å². The maximum absolute atomic E-state index is 13.9. The highest BCUT2D eigenvalue weighted by Gasteiger charge is 2.29. The number of hydrogen-bond donors (Lipinski definition) is 1. The number of carbonyl (C=O) groups is 1. The number of likely N-dealkylation sites (N-methyl/N-ethyl adjacent to an activating group) is 2.